The van der Waals surface area contributed by atoms with Gasteiger partial charge in [-0.2, -0.15) is 0 Å². The number of halogens is 1. The molecule has 0 aliphatic rings. The molecule has 0 aliphatic carbocycles. The molecule has 3 nitrogen and oxygen atoms in total. The van der Waals surface area contributed by atoms with E-state index < -0.39 is 11.5 Å². The Bertz CT molecular complexity index is 707. The van der Waals surface area contributed by atoms with Crippen LogP contribution in [-0.2, 0) is 4.79 Å². The summed E-state index contributed by atoms with van der Waals surface area (Å²) in [6, 6.07) is 16.8. The molecule has 26 heavy (non-hydrogen) atoms. The van der Waals surface area contributed by atoms with E-state index in [0.29, 0.717) is 11.6 Å². The summed E-state index contributed by atoms with van der Waals surface area (Å²) in [5, 5.41) is 14.5. The second-order valence-corrected chi connectivity index (χ2v) is 8.21. The fourth-order valence-electron chi connectivity index (χ4n) is 2.93. The molecule has 2 rings (SSSR count). The Labute approximate surface area is 161 Å². The van der Waals surface area contributed by atoms with Gasteiger partial charge in [-0.1, -0.05) is 74.8 Å². The lowest BCUT2D eigenvalue weighted by atomic mass is 9.79. The third-order valence-electron chi connectivity index (χ3n) is 4.59. The summed E-state index contributed by atoms with van der Waals surface area (Å²) in [6.45, 7) is 8.18. The van der Waals surface area contributed by atoms with Gasteiger partial charge in [0.25, 0.3) is 0 Å². The minimum absolute atomic E-state index is 0.161. The first-order chi connectivity index (χ1) is 12.2. The number of benzene rings is 2. The summed E-state index contributed by atoms with van der Waals surface area (Å²) in [4.78, 5) is 13.0. The molecular formula is C22H28ClNO2. The van der Waals surface area contributed by atoms with Crippen LogP contribution in [0.4, 0.5) is 0 Å². The molecule has 2 aromatic carbocycles. The van der Waals surface area contributed by atoms with Crippen LogP contribution < -0.4 is 5.32 Å². The van der Waals surface area contributed by atoms with Gasteiger partial charge in [-0.3, -0.25) is 4.79 Å². The molecule has 0 heterocycles. The van der Waals surface area contributed by atoms with Crippen LogP contribution in [0, 0.1) is 5.41 Å². The largest absolute Gasteiger partial charge is 0.387 e. The highest BCUT2D eigenvalue weighted by Gasteiger charge is 2.31. The molecular weight excluding hydrogens is 346 g/mol. The Hall–Kier alpha value is -1.68. The quantitative estimate of drug-likeness (QED) is 0.736. The average Bonchev–Trinajstić information content (AvgIpc) is 2.62. The van der Waals surface area contributed by atoms with E-state index in [1.807, 2.05) is 82.3 Å². The van der Waals surface area contributed by atoms with E-state index in [0.717, 1.165) is 11.1 Å². The molecule has 2 aromatic rings. The molecule has 0 saturated carbocycles. The monoisotopic (exact) mass is 373 g/mol. The fourth-order valence-corrected chi connectivity index (χ4v) is 3.06. The van der Waals surface area contributed by atoms with Gasteiger partial charge in [0.15, 0.2) is 0 Å². The topological polar surface area (TPSA) is 49.3 Å². The Balaban J connectivity index is 2.14. The minimum atomic E-state index is -0.633. The minimum Gasteiger partial charge on any atom is -0.387 e. The van der Waals surface area contributed by atoms with Gasteiger partial charge in [0, 0.05) is 23.0 Å². The lowest BCUT2D eigenvalue weighted by molar-refractivity contribution is -0.127. The van der Waals surface area contributed by atoms with Crippen LogP contribution in [0.2, 0.25) is 5.02 Å². The van der Waals surface area contributed by atoms with E-state index in [4.69, 9.17) is 11.6 Å². The number of Topliss-reactive ketones (excluding diaryl/α,β-unsaturated/α-hetero) is 1. The Morgan fingerprint density at radius 3 is 2.15 bits per heavy atom. The van der Waals surface area contributed by atoms with Gasteiger partial charge >= 0.3 is 0 Å². The van der Waals surface area contributed by atoms with Crippen LogP contribution in [0.25, 0.3) is 0 Å². The van der Waals surface area contributed by atoms with Crippen molar-refractivity contribution in [3.05, 3.63) is 70.7 Å². The first-order valence-corrected chi connectivity index (χ1v) is 9.34. The maximum atomic E-state index is 13.0. The van der Waals surface area contributed by atoms with Crippen LogP contribution in [0.1, 0.15) is 50.8 Å². The van der Waals surface area contributed by atoms with E-state index in [9.17, 15) is 9.90 Å². The van der Waals surface area contributed by atoms with Crippen molar-refractivity contribution in [1.29, 1.82) is 0 Å². The molecule has 0 fully saturated rings. The van der Waals surface area contributed by atoms with E-state index in [-0.39, 0.29) is 17.7 Å². The fraction of sp³-hybridized carbons (Fsp3) is 0.409. The zero-order valence-electron chi connectivity index (χ0n) is 15.9. The molecule has 140 valence electrons. The first-order valence-electron chi connectivity index (χ1n) is 8.96. The maximum Gasteiger partial charge on any atom is 0.146 e. The number of hydrogen-bond acceptors (Lipinski definition) is 3. The van der Waals surface area contributed by atoms with E-state index in [1.54, 1.807) is 0 Å². The van der Waals surface area contributed by atoms with Crippen molar-refractivity contribution >= 4 is 17.4 Å². The third kappa shape index (κ3) is 5.41. The van der Waals surface area contributed by atoms with Gasteiger partial charge in [0.2, 0.25) is 0 Å². The number of rotatable bonds is 7. The summed E-state index contributed by atoms with van der Waals surface area (Å²) in [6.07, 6.45) is -0.633. The summed E-state index contributed by atoms with van der Waals surface area (Å²) < 4.78 is 0. The van der Waals surface area contributed by atoms with Gasteiger partial charge in [-0.05, 0) is 30.2 Å². The molecule has 0 bridgehead atoms. The number of carbonyl (C=O) groups excluding carboxylic acids is 1. The van der Waals surface area contributed by atoms with Gasteiger partial charge < -0.3 is 10.4 Å². The standard InChI is InChI=1S/C22H28ClNO2/c1-15(20(25)17-8-6-5-7-9-17)24-14-19(21(26)22(2,3)4)16-10-12-18(23)13-11-16/h5-13,15,19-20,24-25H,14H2,1-4H3/t15-,19?,20-/m1/s1. The Morgan fingerprint density at radius 1 is 1.04 bits per heavy atom. The average molecular weight is 374 g/mol. The molecule has 4 heteroatoms. The van der Waals surface area contributed by atoms with Crippen molar-refractivity contribution in [2.45, 2.75) is 45.8 Å². The van der Waals surface area contributed by atoms with Crippen LogP contribution in [0.5, 0.6) is 0 Å². The van der Waals surface area contributed by atoms with Crippen LogP contribution >= 0.6 is 11.6 Å². The van der Waals surface area contributed by atoms with Gasteiger partial charge in [-0.25, -0.2) is 0 Å². The molecule has 1 unspecified atom stereocenters. The Morgan fingerprint density at radius 2 is 1.62 bits per heavy atom. The first kappa shape index (κ1) is 20.6. The molecule has 0 saturated heterocycles. The van der Waals surface area contributed by atoms with E-state index >= 15 is 0 Å². The lowest BCUT2D eigenvalue weighted by Crippen LogP contribution is -2.39. The number of aliphatic hydroxyl groups is 1. The zero-order chi connectivity index (χ0) is 19.3. The summed E-state index contributed by atoms with van der Waals surface area (Å²) in [7, 11) is 0. The molecule has 2 N–H and O–H groups in total. The summed E-state index contributed by atoms with van der Waals surface area (Å²) in [5.41, 5.74) is 1.34. The number of ketones is 1. The highest BCUT2D eigenvalue weighted by molar-refractivity contribution is 6.30. The van der Waals surface area contributed by atoms with Crippen molar-refractivity contribution in [3.63, 3.8) is 0 Å². The molecule has 0 aromatic heterocycles. The van der Waals surface area contributed by atoms with Crippen molar-refractivity contribution in [2.75, 3.05) is 6.54 Å². The number of hydrogen-bond donors (Lipinski definition) is 2. The van der Waals surface area contributed by atoms with Crippen LogP contribution in [0.15, 0.2) is 54.6 Å². The highest BCUT2D eigenvalue weighted by Crippen LogP contribution is 2.28. The lowest BCUT2D eigenvalue weighted by Gasteiger charge is -2.28. The molecule has 0 amide bonds. The number of carbonyl (C=O) groups is 1. The predicted octanol–water partition coefficient (Wildman–Crippen LogP) is 4.75. The second-order valence-electron chi connectivity index (χ2n) is 7.77. The number of nitrogens with one attached hydrogen (secondary N) is 1. The van der Waals surface area contributed by atoms with E-state index in [1.165, 1.54) is 0 Å². The van der Waals surface area contributed by atoms with Crippen molar-refractivity contribution in [3.8, 4) is 0 Å². The molecule has 0 radical (unpaired) electrons. The molecule has 3 atom stereocenters. The van der Waals surface area contributed by atoms with Crippen LogP contribution in [0.3, 0.4) is 0 Å². The molecule has 0 aliphatic heterocycles. The van der Waals surface area contributed by atoms with Crippen LogP contribution in [-0.4, -0.2) is 23.5 Å². The van der Waals surface area contributed by atoms with Gasteiger partial charge in [-0.15, -0.1) is 0 Å². The van der Waals surface area contributed by atoms with Gasteiger partial charge in [0.1, 0.15) is 5.78 Å². The second kappa shape index (κ2) is 8.81. The predicted molar refractivity (Wildman–Crippen MR) is 108 cm³/mol. The smallest absolute Gasteiger partial charge is 0.146 e. The van der Waals surface area contributed by atoms with Crippen molar-refractivity contribution in [2.24, 2.45) is 5.41 Å². The summed E-state index contributed by atoms with van der Waals surface area (Å²) >= 11 is 5.99. The maximum absolute atomic E-state index is 13.0. The van der Waals surface area contributed by atoms with Gasteiger partial charge in [0.05, 0.1) is 12.0 Å². The molecule has 0 spiro atoms. The van der Waals surface area contributed by atoms with Crippen molar-refractivity contribution < 1.29 is 9.90 Å². The third-order valence-corrected chi connectivity index (χ3v) is 4.84. The normalized spacial score (nSPS) is 15.3. The Kier molecular flexibility index (Phi) is 6.99. The van der Waals surface area contributed by atoms with Crippen molar-refractivity contribution in [1.82, 2.24) is 5.32 Å². The zero-order valence-corrected chi connectivity index (χ0v) is 16.6. The summed E-state index contributed by atoms with van der Waals surface area (Å²) in [5.74, 6) is -0.133. The number of aliphatic hydroxyl groups excluding tert-OH is 1. The van der Waals surface area contributed by atoms with E-state index in [2.05, 4.69) is 5.32 Å². The SMILES string of the molecule is C[C@@H](NCC(C(=O)C(C)(C)C)c1ccc(Cl)cc1)[C@@H](O)c1ccccc1. The highest BCUT2D eigenvalue weighted by atomic mass is 35.5.